The SMILES string of the molecule is C=C1CC[C@H](O)C/C1=C/C=C1\CCC[C@]2(C)[C@@H]([C@H](C)CC(C)(C)O)CC[C@@H]12. The van der Waals surface area contributed by atoms with Gasteiger partial charge in [-0.15, -0.1) is 0 Å². The normalized spacial score (nSPS) is 39.0. The largest absolute Gasteiger partial charge is 0.393 e. The van der Waals surface area contributed by atoms with Crippen molar-refractivity contribution in [1.29, 1.82) is 0 Å². The van der Waals surface area contributed by atoms with Gasteiger partial charge < -0.3 is 10.2 Å². The van der Waals surface area contributed by atoms with Crippen molar-refractivity contribution in [3.8, 4) is 0 Å². The van der Waals surface area contributed by atoms with Crippen LogP contribution in [0.1, 0.15) is 85.5 Å². The van der Waals surface area contributed by atoms with Crippen molar-refractivity contribution in [2.45, 2.75) is 97.2 Å². The standard InChI is InChI=1S/C25H40O2/c1-17-8-11-21(26)15-20(17)10-9-19-7-6-14-25(5)22(12-13-23(19)25)18(2)16-24(3,4)27/h9-10,18,21-23,26-27H,1,6-8,11-16H2,2-5H3/b19-9+,20-10-/t18-,21+,22-,23+,25-/m1/s1. The lowest BCUT2D eigenvalue weighted by molar-refractivity contribution is 0.0193. The molecular weight excluding hydrogens is 332 g/mol. The van der Waals surface area contributed by atoms with Gasteiger partial charge in [0.15, 0.2) is 0 Å². The Morgan fingerprint density at radius 2 is 1.96 bits per heavy atom. The zero-order valence-corrected chi connectivity index (χ0v) is 17.9. The van der Waals surface area contributed by atoms with Crippen molar-refractivity contribution in [3.63, 3.8) is 0 Å². The summed E-state index contributed by atoms with van der Waals surface area (Å²) in [6.45, 7) is 13.0. The molecule has 0 aromatic carbocycles. The highest BCUT2D eigenvalue weighted by Crippen LogP contribution is 2.60. The Morgan fingerprint density at radius 3 is 2.67 bits per heavy atom. The highest BCUT2D eigenvalue weighted by atomic mass is 16.3. The molecule has 0 aromatic rings. The fourth-order valence-corrected chi connectivity index (χ4v) is 6.54. The molecule has 0 saturated heterocycles. The first-order chi connectivity index (χ1) is 12.6. The van der Waals surface area contributed by atoms with Crippen LogP contribution in [0, 0.1) is 23.2 Å². The lowest BCUT2D eigenvalue weighted by Gasteiger charge is -2.45. The molecule has 27 heavy (non-hydrogen) atoms. The molecule has 0 aliphatic heterocycles. The zero-order valence-electron chi connectivity index (χ0n) is 17.9. The Morgan fingerprint density at radius 1 is 1.22 bits per heavy atom. The molecule has 3 saturated carbocycles. The van der Waals surface area contributed by atoms with Crippen LogP contribution in [0.3, 0.4) is 0 Å². The molecular formula is C25H40O2. The van der Waals surface area contributed by atoms with Crippen LogP contribution in [-0.4, -0.2) is 21.9 Å². The van der Waals surface area contributed by atoms with Crippen LogP contribution < -0.4 is 0 Å². The third-order valence-electron chi connectivity index (χ3n) is 7.73. The Hall–Kier alpha value is -0.860. The average Bonchev–Trinajstić information content (AvgIpc) is 2.91. The molecule has 5 atom stereocenters. The number of rotatable bonds is 4. The van der Waals surface area contributed by atoms with Crippen LogP contribution in [0.4, 0.5) is 0 Å². The number of aliphatic hydroxyl groups excluding tert-OH is 1. The van der Waals surface area contributed by atoms with Crippen LogP contribution in [0.25, 0.3) is 0 Å². The van der Waals surface area contributed by atoms with E-state index in [2.05, 4.69) is 32.6 Å². The van der Waals surface area contributed by atoms with Gasteiger partial charge in [0.1, 0.15) is 0 Å². The molecule has 3 fully saturated rings. The maximum atomic E-state index is 10.3. The van der Waals surface area contributed by atoms with E-state index in [1.165, 1.54) is 43.3 Å². The smallest absolute Gasteiger partial charge is 0.0594 e. The van der Waals surface area contributed by atoms with Crippen LogP contribution in [0.5, 0.6) is 0 Å². The van der Waals surface area contributed by atoms with Crippen molar-refractivity contribution in [1.82, 2.24) is 0 Å². The quantitative estimate of drug-likeness (QED) is 0.640. The lowest BCUT2D eigenvalue weighted by Crippen LogP contribution is -2.37. The second kappa shape index (κ2) is 7.87. The molecule has 2 heteroatoms. The van der Waals surface area contributed by atoms with Gasteiger partial charge >= 0.3 is 0 Å². The van der Waals surface area contributed by atoms with Crippen LogP contribution >= 0.6 is 0 Å². The first-order valence-corrected chi connectivity index (χ1v) is 11.1. The van der Waals surface area contributed by atoms with E-state index in [1.807, 2.05) is 13.8 Å². The molecule has 0 unspecified atom stereocenters. The summed E-state index contributed by atoms with van der Waals surface area (Å²) in [6.07, 6.45) is 14.3. The number of allylic oxidation sites excluding steroid dienone is 4. The molecule has 0 spiro atoms. The van der Waals surface area contributed by atoms with Crippen molar-refractivity contribution >= 4 is 0 Å². The Kier molecular flexibility index (Phi) is 6.08. The van der Waals surface area contributed by atoms with Crippen molar-refractivity contribution < 1.29 is 10.2 Å². The maximum absolute atomic E-state index is 10.3. The minimum atomic E-state index is -0.576. The fourth-order valence-electron chi connectivity index (χ4n) is 6.54. The van der Waals surface area contributed by atoms with Crippen LogP contribution in [-0.2, 0) is 0 Å². The van der Waals surface area contributed by atoms with Crippen molar-refractivity contribution in [3.05, 3.63) is 35.5 Å². The summed E-state index contributed by atoms with van der Waals surface area (Å²) in [5, 5.41) is 20.3. The van der Waals surface area contributed by atoms with Gasteiger partial charge in [0.25, 0.3) is 0 Å². The summed E-state index contributed by atoms with van der Waals surface area (Å²) in [5.41, 5.74) is 3.86. The van der Waals surface area contributed by atoms with Gasteiger partial charge in [-0.1, -0.05) is 43.7 Å². The molecule has 2 nitrogen and oxygen atoms in total. The number of fused-ring (bicyclic) bond motifs is 1. The van der Waals surface area contributed by atoms with E-state index in [0.717, 1.165) is 25.7 Å². The van der Waals surface area contributed by atoms with Gasteiger partial charge in [-0.25, -0.2) is 0 Å². The van der Waals surface area contributed by atoms with Gasteiger partial charge in [-0.2, -0.15) is 0 Å². The highest BCUT2D eigenvalue weighted by Gasteiger charge is 2.51. The summed E-state index contributed by atoms with van der Waals surface area (Å²) < 4.78 is 0. The highest BCUT2D eigenvalue weighted by molar-refractivity contribution is 5.36. The Labute approximate surface area is 166 Å². The van der Waals surface area contributed by atoms with Crippen molar-refractivity contribution in [2.24, 2.45) is 23.2 Å². The van der Waals surface area contributed by atoms with E-state index in [1.54, 1.807) is 5.57 Å². The monoisotopic (exact) mass is 372 g/mol. The first-order valence-electron chi connectivity index (χ1n) is 11.1. The predicted octanol–water partition coefficient (Wildman–Crippen LogP) is 5.95. The van der Waals surface area contributed by atoms with Crippen molar-refractivity contribution in [2.75, 3.05) is 0 Å². The molecule has 3 rings (SSSR count). The number of hydrogen-bond donors (Lipinski definition) is 2. The van der Waals surface area contributed by atoms with Gasteiger partial charge in [0, 0.05) is 0 Å². The molecule has 3 aliphatic carbocycles. The number of aliphatic hydroxyl groups is 2. The summed E-state index contributed by atoms with van der Waals surface area (Å²) >= 11 is 0. The molecule has 152 valence electrons. The van der Waals surface area contributed by atoms with E-state index in [9.17, 15) is 10.2 Å². The van der Waals surface area contributed by atoms with Crippen LogP contribution in [0.2, 0.25) is 0 Å². The maximum Gasteiger partial charge on any atom is 0.0594 e. The van der Waals surface area contributed by atoms with Gasteiger partial charge in [0.2, 0.25) is 0 Å². The summed E-state index contributed by atoms with van der Waals surface area (Å²) in [6, 6.07) is 0. The van der Waals surface area contributed by atoms with Gasteiger partial charge in [0.05, 0.1) is 11.7 Å². The van der Waals surface area contributed by atoms with E-state index >= 15 is 0 Å². The molecule has 0 aromatic heterocycles. The van der Waals surface area contributed by atoms with E-state index in [-0.39, 0.29) is 6.10 Å². The van der Waals surface area contributed by atoms with Gasteiger partial charge in [-0.3, -0.25) is 0 Å². The molecule has 2 N–H and O–H groups in total. The number of hydrogen-bond acceptors (Lipinski definition) is 2. The van der Waals surface area contributed by atoms with E-state index < -0.39 is 5.60 Å². The molecule has 0 bridgehead atoms. The first kappa shape index (κ1) is 20.9. The summed E-state index contributed by atoms with van der Waals surface area (Å²) in [5.74, 6) is 1.95. The Bertz CT molecular complexity index is 621. The fraction of sp³-hybridized carbons (Fsp3) is 0.760. The molecule has 3 aliphatic rings. The Balaban J connectivity index is 1.78. The minimum absolute atomic E-state index is 0.199. The third-order valence-corrected chi connectivity index (χ3v) is 7.73. The summed E-state index contributed by atoms with van der Waals surface area (Å²) in [4.78, 5) is 0. The predicted molar refractivity (Wildman–Crippen MR) is 113 cm³/mol. The van der Waals surface area contributed by atoms with Crippen LogP contribution in [0.15, 0.2) is 35.5 Å². The lowest BCUT2D eigenvalue weighted by atomic mass is 9.60. The zero-order chi connectivity index (χ0) is 19.8. The van der Waals surface area contributed by atoms with Gasteiger partial charge in [-0.05, 0) is 100 Å². The topological polar surface area (TPSA) is 40.5 Å². The van der Waals surface area contributed by atoms with E-state index in [0.29, 0.717) is 23.2 Å². The van der Waals surface area contributed by atoms with E-state index in [4.69, 9.17) is 0 Å². The minimum Gasteiger partial charge on any atom is -0.393 e. The third kappa shape index (κ3) is 4.59. The molecule has 0 heterocycles. The molecule has 0 radical (unpaired) electrons. The molecule has 0 amide bonds. The summed E-state index contributed by atoms with van der Waals surface area (Å²) in [7, 11) is 0. The second-order valence-corrected chi connectivity index (χ2v) is 10.5. The second-order valence-electron chi connectivity index (χ2n) is 10.5. The average molecular weight is 373 g/mol.